The molecule has 0 aliphatic carbocycles. The Bertz CT molecular complexity index is 491. The molecule has 0 aromatic heterocycles. The normalized spacial score (nSPS) is 25.4. The van der Waals surface area contributed by atoms with Crippen molar-refractivity contribution >= 4 is 29.5 Å². The Labute approximate surface area is 140 Å². The summed E-state index contributed by atoms with van der Waals surface area (Å²) in [6.07, 6.45) is -0.751. The van der Waals surface area contributed by atoms with Crippen LogP contribution in [0.4, 0.5) is 0 Å². The number of nitrogens with zero attached hydrogens (tertiary/aromatic N) is 2. The topological polar surface area (TPSA) is 76.2 Å². The molecule has 0 saturated carbocycles. The molecule has 2 heterocycles. The number of carbonyl (C=O) groups excluding carboxylic acids is 3. The Kier molecular flexibility index (Phi) is 5.57. The van der Waals surface area contributed by atoms with Crippen LogP contribution in [0, 0.1) is 5.41 Å². The van der Waals surface area contributed by atoms with Gasteiger partial charge in [0.25, 0.3) is 0 Å². The minimum absolute atomic E-state index is 0.0290. The molecule has 23 heavy (non-hydrogen) atoms. The summed E-state index contributed by atoms with van der Waals surface area (Å²) in [7, 11) is 1.30. The van der Waals surface area contributed by atoms with Crippen LogP contribution in [0.1, 0.15) is 20.8 Å². The smallest absolute Gasteiger partial charge is 0.336 e. The van der Waals surface area contributed by atoms with Crippen molar-refractivity contribution in [2.45, 2.75) is 32.9 Å². The van der Waals surface area contributed by atoms with Crippen molar-refractivity contribution in [2.75, 3.05) is 38.4 Å². The van der Waals surface area contributed by atoms with Crippen LogP contribution in [0.5, 0.6) is 0 Å². The minimum atomic E-state index is -0.751. The molecule has 7 nitrogen and oxygen atoms in total. The van der Waals surface area contributed by atoms with E-state index in [1.54, 1.807) is 21.6 Å². The van der Waals surface area contributed by atoms with E-state index in [0.717, 1.165) is 0 Å². The molecule has 2 unspecified atom stereocenters. The van der Waals surface area contributed by atoms with Crippen molar-refractivity contribution in [1.29, 1.82) is 0 Å². The predicted molar refractivity (Wildman–Crippen MR) is 85.8 cm³/mol. The Balaban J connectivity index is 2.06. The second kappa shape index (κ2) is 7.09. The Hall–Kier alpha value is -1.28. The van der Waals surface area contributed by atoms with E-state index in [0.29, 0.717) is 24.8 Å². The molecule has 2 aliphatic heterocycles. The van der Waals surface area contributed by atoms with Gasteiger partial charge in [-0.3, -0.25) is 9.59 Å². The molecular formula is C15H24N2O5S. The van der Waals surface area contributed by atoms with Crippen molar-refractivity contribution in [3.8, 4) is 0 Å². The van der Waals surface area contributed by atoms with Crippen LogP contribution in [0.2, 0.25) is 0 Å². The van der Waals surface area contributed by atoms with Gasteiger partial charge in [0.05, 0.1) is 26.1 Å². The molecule has 0 aromatic carbocycles. The van der Waals surface area contributed by atoms with Gasteiger partial charge in [0.15, 0.2) is 6.10 Å². The third-order valence-electron chi connectivity index (χ3n) is 3.91. The van der Waals surface area contributed by atoms with Gasteiger partial charge in [-0.15, -0.1) is 11.8 Å². The van der Waals surface area contributed by atoms with Gasteiger partial charge in [-0.1, -0.05) is 20.8 Å². The lowest BCUT2D eigenvalue weighted by Gasteiger charge is -2.36. The Morgan fingerprint density at radius 1 is 1.26 bits per heavy atom. The molecule has 8 heteroatoms. The molecule has 2 atom stereocenters. The van der Waals surface area contributed by atoms with Crippen molar-refractivity contribution in [3.63, 3.8) is 0 Å². The third kappa shape index (κ3) is 3.98. The summed E-state index contributed by atoms with van der Waals surface area (Å²) >= 11 is 1.57. The first kappa shape index (κ1) is 18.1. The van der Waals surface area contributed by atoms with Crippen LogP contribution in [0.15, 0.2) is 0 Å². The van der Waals surface area contributed by atoms with Crippen LogP contribution < -0.4 is 0 Å². The molecule has 0 bridgehead atoms. The molecule has 0 N–H and O–H groups in total. The first-order chi connectivity index (χ1) is 10.8. The maximum absolute atomic E-state index is 12.8. The van der Waals surface area contributed by atoms with Crippen LogP contribution in [0.3, 0.4) is 0 Å². The van der Waals surface area contributed by atoms with Gasteiger partial charge in [0.1, 0.15) is 6.04 Å². The number of hydrogen-bond acceptors (Lipinski definition) is 6. The summed E-state index contributed by atoms with van der Waals surface area (Å²) < 4.78 is 10.0. The van der Waals surface area contributed by atoms with E-state index in [4.69, 9.17) is 4.74 Å². The number of esters is 1. The van der Waals surface area contributed by atoms with Gasteiger partial charge in [-0.25, -0.2) is 4.79 Å². The van der Waals surface area contributed by atoms with E-state index in [1.165, 1.54) is 7.11 Å². The highest BCUT2D eigenvalue weighted by Crippen LogP contribution is 2.28. The first-order valence-electron chi connectivity index (χ1n) is 7.62. The summed E-state index contributed by atoms with van der Waals surface area (Å²) in [5.74, 6) is 0.479. The quantitative estimate of drug-likeness (QED) is 0.672. The summed E-state index contributed by atoms with van der Waals surface area (Å²) in [5, 5.41) is 0. The molecule has 0 spiro atoms. The van der Waals surface area contributed by atoms with Gasteiger partial charge in [-0.05, 0) is 0 Å². The van der Waals surface area contributed by atoms with Gasteiger partial charge in [-0.2, -0.15) is 0 Å². The zero-order valence-corrected chi connectivity index (χ0v) is 14.9. The predicted octanol–water partition coefficient (Wildman–Crippen LogP) is 0.334. The molecule has 2 saturated heterocycles. The maximum Gasteiger partial charge on any atom is 0.336 e. The Morgan fingerprint density at radius 2 is 1.96 bits per heavy atom. The molecule has 0 aromatic rings. The van der Waals surface area contributed by atoms with E-state index in [2.05, 4.69) is 4.74 Å². The highest BCUT2D eigenvalue weighted by Gasteiger charge is 2.42. The van der Waals surface area contributed by atoms with Crippen molar-refractivity contribution in [2.24, 2.45) is 5.41 Å². The van der Waals surface area contributed by atoms with E-state index in [9.17, 15) is 14.4 Å². The van der Waals surface area contributed by atoms with Crippen LogP contribution in [-0.2, 0) is 23.9 Å². The third-order valence-corrected chi connectivity index (χ3v) is 4.92. The SMILES string of the molecule is COC(=O)C1CN(C(=O)C2CSCN2C(=O)C(C)(C)C)CCO1. The second-order valence-electron chi connectivity index (χ2n) is 6.71. The number of rotatable bonds is 2. The second-order valence-corrected chi connectivity index (χ2v) is 7.71. The molecular weight excluding hydrogens is 320 g/mol. The molecule has 2 rings (SSSR count). The number of methoxy groups -OCH3 is 1. The lowest BCUT2D eigenvalue weighted by atomic mass is 9.94. The summed E-state index contributed by atoms with van der Waals surface area (Å²) in [6.45, 7) is 6.43. The lowest BCUT2D eigenvalue weighted by molar-refractivity contribution is -0.164. The van der Waals surface area contributed by atoms with Crippen molar-refractivity contribution in [3.05, 3.63) is 0 Å². The zero-order chi connectivity index (χ0) is 17.2. The minimum Gasteiger partial charge on any atom is -0.467 e. The number of thioether (sulfide) groups is 1. The fourth-order valence-corrected chi connectivity index (χ4v) is 3.76. The number of morpholine rings is 1. The average Bonchev–Trinajstić information content (AvgIpc) is 3.01. The van der Waals surface area contributed by atoms with E-state index >= 15 is 0 Å². The highest BCUT2D eigenvalue weighted by atomic mass is 32.2. The Morgan fingerprint density at radius 3 is 2.57 bits per heavy atom. The summed E-state index contributed by atoms with van der Waals surface area (Å²) in [4.78, 5) is 40.2. The fourth-order valence-electron chi connectivity index (χ4n) is 2.61. The monoisotopic (exact) mass is 344 g/mol. The molecule has 130 valence electrons. The zero-order valence-electron chi connectivity index (χ0n) is 14.0. The van der Waals surface area contributed by atoms with Crippen LogP contribution in [0.25, 0.3) is 0 Å². The van der Waals surface area contributed by atoms with Crippen molar-refractivity contribution < 1.29 is 23.9 Å². The number of carbonyl (C=O) groups is 3. The molecule has 2 amide bonds. The fraction of sp³-hybridized carbons (Fsp3) is 0.800. The van der Waals surface area contributed by atoms with E-state index in [-0.39, 0.29) is 18.4 Å². The van der Waals surface area contributed by atoms with Gasteiger partial charge in [0, 0.05) is 17.7 Å². The molecule has 2 aliphatic rings. The lowest BCUT2D eigenvalue weighted by Crippen LogP contribution is -2.56. The highest BCUT2D eigenvalue weighted by molar-refractivity contribution is 7.99. The summed E-state index contributed by atoms with van der Waals surface area (Å²) in [5.41, 5.74) is -0.525. The number of amides is 2. The maximum atomic E-state index is 12.8. The van der Waals surface area contributed by atoms with Gasteiger partial charge in [0.2, 0.25) is 11.8 Å². The molecule has 0 radical (unpaired) electrons. The van der Waals surface area contributed by atoms with E-state index in [1.807, 2.05) is 20.8 Å². The van der Waals surface area contributed by atoms with Crippen molar-refractivity contribution in [1.82, 2.24) is 9.80 Å². The van der Waals surface area contributed by atoms with Gasteiger partial charge >= 0.3 is 5.97 Å². The number of hydrogen-bond donors (Lipinski definition) is 0. The van der Waals surface area contributed by atoms with Gasteiger partial charge < -0.3 is 19.3 Å². The van der Waals surface area contributed by atoms with Crippen LogP contribution >= 0.6 is 11.8 Å². The summed E-state index contributed by atoms with van der Waals surface area (Å²) in [6, 6.07) is -0.469. The standard InChI is InChI=1S/C15H24N2O5S/c1-15(2,3)14(20)17-9-23-8-10(17)12(18)16-5-6-22-11(7-16)13(19)21-4/h10-11H,5-9H2,1-4H3. The molecule has 2 fully saturated rings. The average molecular weight is 344 g/mol. The number of ether oxygens (including phenoxy) is 2. The van der Waals surface area contributed by atoms with Crippen LogP contribution in [-0.4, -0.2) is 78.2 Å². The first-order valence-corrected chi connectivity index (χ1v) is 8.78. The van der Waals surface area contributed by atoms with E-state index < -0.39 is 23.5 Å². The largest absolute Gasteiger partial charge is 0.467 e.